The van der Waals surface area contributed by atoms with Crippen LogP contribution >= 0.6 is 11.3 Å². The molecule has 0 radical (unpaired) electrons. The zero-order valence-electron chi connectivity index (χ0n) is 13.5. The summed E-state index contributed by atoms with van der Waals surface area (Å²) in [4.78, 5) is 14.6. The first kappa shape index (κ1) is 15.5. The lowest BCUT2D eigenvalue weighted by atomic mass is 10.2. The number of nitrogens with zero attached hydrogens (tertiary/aromatic N) is 3. The maximum absolute atomic E-state index is 9.13. The maximum atomic E-state index is 9.13. The Morgan fingerprint density at radius 3 is 2.67 bits per heavy atom. The van der Waals surface area contributed by atoms with Crippen LogP contribution in [-0.4, -0.2) is 54.4 Å². The molecule has 3 heterocycles. The molecular formula is C18H21N4OS+. The van der Waals surface area contributed by atoms with E-state index in [0.717, 1.165) is 60.1 Å². The number of nitrogens with one attached hydrogen (secondary N) is 1. The molecule has 0 bridgehead atoms. The Morgan fingerprint density at radius 2 is 1.92 bits per heavy atom. The highest BCUT2D eigenvalue weighted by Crippen LogP contribution is 2.29. The summed E-state index contributed by atoms with van der Waals surface area (Å²) in [6, 6.07) is 12.4. The second-order valence-electron chi connectivity index (χ2n) is 6.08. The van der Waals surface area contributed by atoms with Crippen molar-refractivity contribution in [1.29, 1.82) is 0 Å². The highest BCUT2D eigenvalue weighted by molar-refractivity contribution is 7.13. The predicted octanol–water partition coefficient (Wildman–Crippen LogP) is 1.06. The summed E-state index contributed by atoms with van der Waals surface area (Å²) in [6.07, 6.45) is 0. The number of rotatable bonds is 4. The minimum Gasteiger partial charge on any atom is -0.391 e. The molecule has 1 aromatic carbocycles. The van der Waals surface area contributed by atoms with Crippen LogP contribution in [0.5, 0.6) is 0 Å². The fraction of sp³-hybridized carbons (Fsp3) is 0.333. The highest BCUT2D eigenvalue weighted by Gasteiger charge is 2.23. The second kappa shape index (κ2) is 6.84. The summed E-state index contributed by atoms with van der Waals surface area (Å²) in [7, 11) is 0. The molecule has 1 fully saturated rings. The fourth-order valence-corrected chi connectivity index (χ4v) is 3.92. The standard InChI is InChI=1S/C18H20N4OS/c23-12-11-21-7-9-22(10-8-21)18-14-4-1-2-5-15(14)19-17(20-18)16-6-3-13-24-16/h1-6,13,23H,7-12H2/p+1. The number of aliphatic hydroxyl groups is 1. The zero-order chi connectivity index (χ0) is 16.4. The van der Waals surface area contributed by atoms with Crippen molar-refractivity contribution >= 4 is 28.1 Å². The molecule has 24 heavy (non-hydrogen) atoms. The molecule has 0 spiro atoms. The first-order valence-corrected chi connectivity index (χ1v) is 9.23. The van der Waals surface area contributed by atoms with Gasteiger partial charge >= 0.3 is 0 Å². The third-order valence-corrected chi connectivity index (χ3v) is 5.43. The first-order valence-electron chi connectivity index (χ1n) is 8.35. The van der Waals surface area contributed by atoms with Crippen LogP contribution in [0.3, 0.4) is 0 Å². The number of hydrogen-bond acceptors (Lipinski definition) is 5. The summed E-state index contributed by atoms with van der Waals surface area (Å²) < 4.78 is 0. The van der Waals surface area contributed by atoms with Gasteiger partial charge in [-0.2, -0.15) is 0 Å². The number of thiophene rings is 1. The average Bonchev–Trinajstić information content (AvgIpc) is 3.16. The van der Waals surface area contributed by atoms with E-state index < -0.39 is 0 Å². The van der Waals surface area contributed by atoms with Crippen LogP contribution in [0, 0.1) is 0 Å². The van der Waals surface area contributed by atoms with Crippen molar-refractivity contribution in [2.24, 2.45) is 0 Å². The number of quaternary nitrogens is 1. The number of aromatic nitrogens is 2. The number of anilines is 1. The second-order valence-corrected chi connectivity index (χ2v) is 7.02. The molecule has 3 aromatic rings. The van der Waals surface area contributed by atoms with E-state index in [0.29, 0.717) is 0 Å². The number of piperazine rings is 1. The Bertz CT molecular complexity index is 813. The smallest absolute Gasteiger partial charge is 0.172 e. The largest absolute Gasteiger partial charge is 0.391 e. The number of para-hydroxylation sites is 1. The molecule has 6 heteroatoms. The minimum absolute atomic E-state index is 0.258. The van der Waals surface area contributed by atoms with Crippen molar-refractivity contribution in [3.63, 3.8) is 0 Å². The van der Waals surface area contributed by atoms with Crippen LogP contribution in [0.4, 0.5) is 5.82 Å². The lowest BCUT2D eigenvalue weighted by Crippen LogP contribution is -3.15. The zero-order valence-corrected chi connectivity index (χ0v) is 14.3. The van der Waals surface area contributed by atoms with Crippen molar-refractivity contribution in [2.45, 2.75) is 0 Å². The van der Waals surface area contributed by atoms with Crippen molar-refractivity contribution in [2.75, 3.05) is 44.2 Å². The number of hydrogen-bond donors (Lipinski definition) is 2. The van der Waals surface area contributed by atoms with Crippen LogP contribution in [0.15, 0.2) is 41.8 Å². The summed E-state index contributed by atoms with van der Waals surface area (Å²) in [5.74, 6) is 1.84. The van der Waals surface area contributed by atoms with Crippen molar-refractivity contribution < 1.29 is 10.0 Å². The van der Waals surface area contributed by atoms with Gasteiger partial charge in [-0.1, -0.05) is 18.2 Å². The molecule has 2 aromatic heterocycles. The Balaban J connectivity index is 1.71. The molecule has 2 N–H and O–H groups in total. The fourth-order valence-electron chi connectivity index (χ4n) is 3.26. The predicted molar refractivity (Wildman–Crippen MR) is 97.7 cm³/mol. The number of fused-ring (bicyclic) bond motifs is 1. The monoisotopic (exact) mass is 341 g/mol. The van der Waals surface area contributed by atoms with E-state index in [-0.39, 0.29) is 6.61 Å². The van der Waals surface area contributed by atoms with E-state index >= 15 is 0 Å². The summed E-state index contributed by atoms with van der Waals surface area (Å²) in [5, 5.41) is 12.3. The normalized spacial score (nSPS) is 16.0. The third kappa shape index (κ3) is 3.00. The SMILES string of the molecule is OCC[NH+]1CCN(c2nc(-c3cccs3)nc3ccccc23)CC1. The topological polar surface area (TPSA) is 53.7 Å². The highest BCUT2D eigenvalue weighted by atomic mass is 32.1. The van der Waals surface area contributed by atoms with Crippen LogP contribution in [-0.2, 0) is 0 Å². The lowest BCUT2D eigenvalue weighted by Gasteiger charge is -2.33. The first-order chi connectivity index (χ1) is 11.8. The van der Waals surface area contributed by atoms with Gasteiger partial charge in [-0.15, -0.1) is 11.3 Å². The van der Waals surface area contributed by atoms with Crippen LogP contribution in [0.1, 0.15) is 0 Å². The Hall–Kier alpha value is -2.02. The van der Waals surface area contributed by atoms with E-state index in [1.165, 1.54) is 4.90 Å². The molecule has 0 saturated carbocycles. The molecule has 124 valence electrons. The number of aliphatic hydroxyl groups excluding tert-OH is 1. The van der Waals surface area contributed by atoms with E-state index in [9.17, 15) is 0 Å². The molecule has 1 aliphatic heterocycles. The minimum atomic E-state index is 0.258. The Labute approximate surface area is 145 Å². The van der Waals surface area contributed by atoms with Gasteiger partial charge < -0.3 is 14.9 Å². The van der Waals surface area contributed by atoms with Gasteiger partial charge in [0, 0.05) is 5.39 Å². The molecule has 4 rings (SSSR count). The molecule has 0 aliphatic carbocycles. The molecule has 1 aliphatic rings. The third-order valence-electron chi connectivity index (χ3n) is 4.56. The van der Waals surface area contributed by atoms with Crippen molar-refractivity contribution in [3.8, 4) is 10.7 Å². The maximum Gasteiger partial charge on any atom is 0.172 e. The quantitative estimate of drug-likeness (QED) is 0.745. The molecule has 5 nitrogen and oxygen atoms in total. The Morgan fingerprint density at radius 1 is 1.08 bits per heavy atom. The Kier molecular flexibility index (Phi) is 4.42. The van der Waals surface area contributed by atoms with Crippen LogP contribution < -0.4 is 9.80 Å². The molecule has 0 atom stereocenters. The van der Waals surface area contributed by atoms with Crippen LogP contribution in [0.25, 0.3) is 21.6 Å². The summed E-state index contributed by atoms with van der Waals surface area (Å²) in [5.41, 5.74) is 0.996. The number of benzene rings is 1. The van der Waals surface area contributed by atoms with Crippen molar-refractivity contribution in [1.82, 2.24) is 9.97 Å². The van der Waals surface area contributed by atoms with E-state index in [2.05, 4.69) is 28.5 Å². The van der Waals surface area contributed by atoms with Crippen molar-refractivity contribution in [3.05, 3.63) is 41.8 Å². The van der Waals surface area contributed by atoms with Gasteiger partial charge in [0.15, 0.2) is 5.82 Å². The molecule has 0 unspecified atom stereocenters. The van der Waals surface area contributed by atoms with Gasteiger partial charge in [-0.25, -0.2) is 9.97 Å². The lowest BCUT2D eigenvalue weighted by molar-refractivity contribution is -0.900. The molecule has 0 amide bonds. The van der Waals surface area contributed by atoms with Gasteiger partial charge in [0.1, 0.15) is 12.4 Å². The summed E-state index contributed by atoms with van der Waals surface area (Å²) >= 11 is 1.67. The van der Waals surface area contributed by atoms with Gasteiger partial charge in [0.2, 0.25) is 0 Å². The van der Waals surface area contributed by atoms with Gasteiger partial charge in [-0.3, -0.25) is 0 Å². The molecule has 1 saturated heterocycles. The van der Waals surface area contributed by atoms with E-state index in [1.54, 1.807) is 11.3 Å². The van der Waals surface area contributed by atoms with Gasteiger partial charge in [0.25, 0.3) is 0 Å². The van der Waals surface area contributed by atoms with E-state index in [1.807, 2.05) is 18.2 Å². The van der Waals surface area contributed by atoms with Gasteiger partial charge in [0.05, 0.1) is 43.2 Å². The molecular weight excluding hydrogens is 320 g/mol. The van der Waals surface area contributed by atoms with Crippen LogP contribution in [0.2, 0.25) is 0 Å². The van der Waals surface area contributed by atoms with E-state index in [4.69, 9.17) is 15.1 Å². The summed E-state index contributed by atoms with van der Waals surface area (Å²) in [6.45, 7) is 5.08. The van der Waals surface area contributed by atoms with Gasteiger partial charge in [-0.05, 0) is 23.6 Å². The average molecular weight is 341 g/mol.